The molecule has 12 heteroatoms. The summed E-state index contributed by atoms with van der Waals surface area (Å²) < 4.78 is 0. The van der Waals surface area contributed by atoms with Gasteiger partial charge in [0, 0.05) is 30.1 Å². The van der Waals surface area contributed by atoms with E-state index in [9.17, 15) is 29.1 Å². The molecule has 0 saturated carbocycles. The van der Waals surface area contributed by atoms with Gasteiger partial charge in [0.05, 0.1) is 13.0 Å². The van der Waals surface area contributed by atoms with Crippen LogP contribution in [-0.2, 0) is 30.4 Å². The summed E-state index contributed by atoms with van der Waals surface area (Å²) in [6.45, 7) is -0.0532. The normalized spacial score (nSPS) is 17.2. The van der Waals surface area contributed by atoms with Gasteiger partial charge in [0.2, 0.25) is 23.6 Å². The van der Waals surface area contributed by atoms with E-state index in [2.05, 4.69) is 15.6 Å². The van der Waals surface area contributed by atoms with Gasteiger partial charge in [-0.2, -0.15) is 0 Å². The minimum atomic E-state index is -1.50. The molecule has 3 atom stereocenters. The Balaban J connectivity index is 1.80. The van der Waals surface area contributed by atoms with Gasteiger partial charge in [-0.15, -0.1) is 0 Å². The first-order valence-electron chi connectivity index (χ1n) is 10.9. The first-order valence-corrected chi connectivity index (χ1v) is 10.9. The first-order chi connectivity index (χ1) is 16.2. The van der Waals surface area contributed by atoms with Crippen molar-refractivity contribution in [2.24, 2.45) is 11.5 Å². The van der Waals surface area contributed by atoms with Gasteiger partial charge in [-0.25, -0.2) is 4.79 Å². The third-order valence-electron chi connectivity index (χ3n) is 5.78. The molecule has 182 valence electrons. The van der Waals surface area contributed by atoms with E-state index in [0.29, 0.717) is 12.8 Å². The number of rotatable bonds is 10. The van der Waals surface area contributed by atoms with E-state index in [4.69, 9.17) is 11.5 Å². The van der Waals surface area contributed by atoms with Crippen LogP contribution >= 0.6 is 0 Å². The van der Waals surface area contributed by atoms with Crippen molar-refractivity contribution in [1.82, 2.24) is 20.5 Å². The molecule has 0 spiro atoms. The first kappa shape index (κ1) is 24.7. The van der Waals surface area contributed by atoms with E-state index in [1.807, 2.05) is 24.3 Å². The second-order valence-electron chi connectivity index (χ2n) is 8.15. The summed E-state index contributed by atoms with van der Waals surface area (Å²) in [4.78, 5) is 65.3. The van der Waals surface area contributed by atoms with Gasteiger partial charge < -0.3 is 37.1 Å². The Kier molecular flexibility index (Phi) is 7.84. The fraction of sp³-hybridized carbons (Fsp3) is 0.409. The molecule has 2 heterocycles. The highest BCUT2D eigenvalue weighted by Gasteiger charge is 2.39. The second-order valence-corrected chi connectivity index (χ2v) is 8.15. The number of para-hydroxylation sites is 1. The van der Waals surface area contributed by atoms with Crippen LogP contribution in [0.25, 0.3) is 10.9 Å². The predicted molar refractivity (Wildman–Crippen MR) is 121 cm³/mol. The van der Waals surface area contributed by atoms with Crippen LogP contribution in [0.1, 0.15) is 24.8 Å². The zero-order chi connectivity index (χ0) is 24.8. The van der Waals surface area contributed by atoms with Crippen molar-refractivity contribution in [2.75, 3.05) is 13.1 Å². The zero-order valence-corrected chi connectivity index (χ0v) is 18.5. The molecule has 1 fully saturated rings. The van der Waals surface area contributed by atoms with Crippen molar-refractivity contribution in [3.8, 4) is 0 Å². The number of nitrogens with one attached hydrogen (secondary N) is 3. The van der Waals surface area contributed by atoms with Gasteiger partial charge in [0.15, 0.2) is 0 Å². The lowest BCUT2D eigenvalue weighted by atomic mass is 10.0. The number of primary amides is 1. The van der Waals surface area contributed by atoms with Crippen molar-refractivity contribution in [3.63, 3.8) is 0 Å². The number of aliphatic carboxylic acids is 1. The maximum Gasteiger partial charge on any atom is 0.326 e. The molecule has 2 aromatic rings. The van der Waals surface area contributed by atoms with E-state index < -0.39 is 54.1 Å². The molecule has 0 aliphatic carbocycles. The van der Waals surface area contributed by atoms with Crippen LogP contribution in [0.15, 0.2) is 30.5 Å². The number of aromatic nitrogens is 1. The Hall–Kier alpha value is -3.93. The van der Waals surface area contributed by atoms with Crippen LogP contribution in [0.5, 0.6) is 0 Å². The van der Waals surface area contributed by atoms with Crippen molar-refractivity contribution < 1.29 is 29.1 Å². The standard InChI is InChI=1S/C22H28N6O6/c23-10-19(30)26-15(8-12-11-25-14-5-2-1-4-13(12)14)21(32)28-7-3-6-17(28)20(31)27-16(22(33)34)9-18(24)29/h1-2,4-5,11,15-17,25H,3,6-10,23H2,(H2,24,29)(H,26,30)(H,27,31)(H,33,34). The summed E-state index contributed by atoms with van der Waals surface area (Å²) in [5, 5.41) is 15.1. The largest absolute Gasteiger partial charge is 0.480 e. The SMILES string of the molecule is NCC(=O)NC(Cc1c[nH]c2ccccc12)C(=O)N1CCCC1C(=O)NC(CC(N)=O)C(=O)O. The number of carboxylic acid groups (broad SMARTS) is 1. The highest BCUT2D eigenvalue weighted by Crippen LogP contribution is 2.23. The minimum Gasteiger partial charge on any atom is -0.480 e. The number of hydrogen-bond acceptors (Lipinski definition) is 6. The number of nitrogens with two attached hydrogens (primary N) is 2. The number of carboxylic acids is 1. The Morgan fingerprint density at radius 2 is 1.88 bits per heavy atom. The molecule has 1 aromatic carbocycles. The number of hydrogen-bond donors (Lipinski definition) is 6. The maximum atomic E-state index is 13.5. The Morgan fingerprint density at radius 3 is 2.56 bits per heavy atom. The Labute approximate surface area is 195 Å². The lowest BCUT2D eigenvalue weighted by Gasteiger charge is -2.29. The minimum absolute atomic E-state index is 0.166. The number of carbonyl (C=O) groups excluding carboxylic acids is 4. The van der Waals surface area contributed by atoms with E-state index in [-0.39, 0.29) is 19.5 Å². The molecular weight excluding hydrogens is 444 g/mol. The number of nitrogens with zero attached hydrogens (tertiary/aromatic N) is 1. The van der Waals surface area contributed by atoms with Gasteiger partial charge in [0.25, 0.3) is 0 Å². The third-order valence-corrected chi connectivity index (χ3v) is 5.78. The van der Waals surface area contributed by atoms with Gasteiger partial charge in [-0.05, 0) is 24.5 Å². The van der Waals surface area contributed by atoms with Crippen LogP contribution in [0, 0.1) is 0 Å². The predicted octanol–water partition coefficient (Wildman–Crippen LogP) is -1.41. The lowest BCUT2D eigenvalue weighted by molar-refractivity contribution is -0.145. The lowest BCUT2D eigenvalue weighted by Crippen LogP contribution is -2.56. The van der Waals surface area contributed by atoms with Gasteiger partial charge >= 0.3 is 5.97 Å². The molecule has 4 amide bonds. The average Bonchev–Trinajstić information content (AvgIpc) is 3.45. The van der Waals surface area contributed by atoms with Gasteiger partial charge in [-0.1, -0.05) is 18.2 Å². The number of aromatic amines is 1. The van der Waals surface area contributed by atoms with Crippen molar-refractivity contribution in [3.05, 3.63) is 36.0 Å². The number of benzene rings is 1. The summed E-state index contributed by atoms with van der Waals surface area (Å²) in [6, 6.07) is 4.09. The van der Waals surface area contributed by atoms with Crippen molar-refractivity contribution >= 4 is 40.5 Å². The molecular formula is C22H28N6O6. The van der Waals surface area contributed by atoms with Crippen molar-refractivity contribution in [2.45, 2.75) is 43.8 Å². The van der Waals surface area contributed by atoms with Crippen LogP contribution in [-0.4, -0.2) is 75.8 Å². The number of fused-ring (bicyclic) bond motifs is 1. The maximum absolute atomic E-state index is 13.5. The van der Waals surface area contributed by atoms with E-state index in [1.165, 1.54) is 4.90 Å². The second kappa shape index (κ2) is 10.8. The van der Waals surface area contributed by atoms with Crippen LogP contribution in [0.3, 0.4) is 0 Å². The molecule has 1 aromatic heterocycles. The van der Waals surface area contributed by atoms with Gasteiger partial charge in [-0.3, -0.25) is 19.2 Å². The smallest absolute Gasteiger partial charge is 0.326 e. The molecule has 3 unspecified atom stereocenters. The topological polar surface area (TPSA) is 201 Å². The van der Waals surface area contributed by atoms with Crippen LogP contribution < -0.4 is 22.1 Å². The van der Waals surface area contributed by atoms with E-state index in [1.54, 1.807) is 6.20 Å². The highest BCUT2D eigenvalue weighted by molar-refractivity contribution is 5.95. The number of amides is 4. The molecule has 34 heavy (non-hydrogen) atoms. The summed E-state index contributed by atoms with van der Waals surface area (Å²) in [7, 11) is 0. The van der Waals surface area contributed by atoms with Gasteiger partial charge in [0.1, 0.15) is 18.1 Å². The number of carbonyl (C=O) groups is 5. The summed E-state index contributed by atoms with van der Waals surface area (Å²) in [5.74, 6) is -3.99. The van der Waals surface area contributed by atoms with Crippen LogP contribution in [0.2, 0.25) is 0 Å². The third kappa shape index (κ3) is 5.70. The highest BCUT2D eigenvalue weighted by atomic mass is 16.4. The van der Waals surface area contributed by atoms with Crippen molar-refractivity contribution in [1.29, 1.82) is 0 Å². The molecule has 1 saturated heterocycles. The van der Waals surface area contributed by atoms with E-state index >= 15 is 0 Å². The fourth-order valence-corrected chi connectivity index (χ4v) is 4.15. The molecule has 1 aliphatic heterocycles. The summed E-state index contributed by atoms with van der Waals surface area (Å²) in [5.41, 5.74) is 12.2. The average molecular weight is 473 g/mol. The molecule has 0 radical (unpaired) electrons. The molecule has 3 rings (SSSR count). The van der Waals surface area contributed by atoms with Crippen LogP contribution in [0.4, 0.5) is 0 Å². The Bertz CT molecular complexity index is 1100. The number of likely N-dealkylation sites (tertiary alicyclic amines) is 1. The Morgan fingerprint density at radius 1 is 1.15 bits per heavy atom. The molecule has 8 N–H and O–H groups in total. The summed E-state index contributed by atoms with van der Waals surface area (Å²) in [6.07, 6.45) is 2.18. The molecule has 1 aliphatic rings. The number of H-pyrrole nitrogens is 1. The molecule has 0 bridgehead atoms. The quantitative estimate of drug-likeness (QED) is 0.244. The van der Waals surface area contributed by atoms with E-state index in [0.717, 1.165) is 16.5 Å². The summed E-state index contributed by atoms with van der Waals surface area (Å²) >= 11 is 0. The monoisotopic (exact) mass is 472 g/mol. The zero-order valence-electron chi connectivity index (χ0n) is 18.5. The molecule has 12 nitrogen and oxygen atoms in total. The fourth-order valence-electron chi connectivity index (χ4n) is 4.15.